The van der Waals surface area contributed by atoms with Crippen molar-refractivity contribution in [2.75, 3.05) is 26.4 Å². The van der Waals surface area contributed by atoms with Crippen LogP contribution in [0.25, 0.3) is 0 Å². The molecule has 0 rings (SSSR count). The lowest BCUT2D eigenvalue weighted by Gasteiger charge is -2.12. The zero-order valence-corrected chi connectivity index (χ0v) is 13.4. The molecule has 7 nitrogen and oxygen atoms in total. The van der Waals surface area contributed by atoms with Crippen LogP contribution in [0.5, 0.6) is 0 Å². The van der Waals surface area contributed by atoms with Gasteiger partial charge in [-0.25, -0.2) is 4.79 Å². The van der Waals surface area contributed by atoms with E-state index in [0.717, 1.165) is 13.2 Å². The molecule has 8 heteroatoms. The van der Waals surface area contributed by atoms with Crippen LogP contribution in [0.2, 0.25) is 19.6 Å². The van der Waals surface area contributed by atoms with E-state index < -0.39 is 20.6 Å². The molecule has 0 aliphatic heterocycles. The summed E-state index contributed by atoms with van der Waals surface area (Å²) in [6.45, 7) is 10.4. The Kier molecular flexibility index (Phi) is 19.0. The van der Waals surface area contributed by atoms with Crippen molar-refractivity contribution in [3.05, 3.63) is 0 Å². The minimum Gasteiger partial charge on any atom is -0.490 e. The van der Waals surface area contributed by atoms with Crippen LogP contribution in [-0.2, 0) is 9.16 Å². The molecule has 0 atom stereocenters. The summed E-state index contributed by atoms with van der Waals surface area (Å²) in [5.41, 5.74) is 0. The Labute approximate surface area is 115 Å². The fourth-order valence-electron chi connectivity index (χ4n) is 0.524. The minimum absolute atomic E-state index is 0.365. The molecule has 0 bridgehead atoms. The molecule has 0 aliphatic rings. The summed E-state index contributed by atoms with van der Waals surface area (Å²) in [5, 5.41) is 32.1. The zero-order chi connectivity index (χ0) is 15.9. The van der Waals surface area contributed by atoms with Crippen molar-refractivity contribution in [2.24, 2.45) is 0 Å². The third kappa shape index (κ3) is 38.2. The highest BCUT2D eigenvalue weighted by Crippen LogP contribution is 2.01. The van der Waals surface area contributed by atoms with Crippen LogP contribution in [0.4, 0.5) is 4.79 Å². The normalized spacial score (nSPS) is 9.95. The van der Waals surface area contributed by atoms with Gasteiger partial charge in [-0.1, -0.05) is 0 Å². The lowest BCUT2D eigenvalue weighted by molar-refractivity contribution is 0.0450. The highest BCUT2D eigenvalue weighted by molar-refractivity contribution is 6.71. The molecule has 4 N–H and O–H groups in total. The van der Waals surface area contributed by atoms with Crippen molar-refractivity contribution in [3.8, 4) is 0 Å². The fourth-order valence-corrected chi connectivity index (χ4v) is 1.05. The Morgan fingerprint density at radius 2 is 1.47 bits per heavy atom. The number of ether oxygens (including phenoxy) is 1. The number of carboxylic acid groups (broad SMARTS) is 1. The number of hydrogen-bond acceptors (Lipinski definition) is 6. The first-order valence-electron chi connectivity index (χ1n) is 6.03. The summed E-state index contributed by atoms with van der Waals surface area (Å²) in [7, 11) is -1.82. The first-order valence-corrected chi connectivity index (χ1v) is 9.44. The lowest BCUT2D eigenvalue weighted by Crippen LogP contribution is -2.27. The predicted molar refractivity (Wildman–Crippen MR) is 74.8 cm³/mol. The molecular formula is C11H28O7Si. The van der Waals surface area contributed by atoms with Gasteiger partial charge in [0.2, 0.25) is 0 Å². The van der Waals surface area contributed by atoms with Crippen molar-refractivity contribution in [2.45, 2.75) is 39.6 Å². The largest absolute Gasteiger partial charge is 0.491 e. The number of aliphatic hydroxyl groups is 3. The summed E-state index contributed by atoms with van der Waals surface area (Å²) < 4.78 is 9.33. The summed E-state index contributed by atoms with van der Waals surface area (Å²) in [5.74, 6) is 0. The van der Waals surface area contributed by atoms with Gasteiger partial charge in [0.15, 0.2) is 0 Å². The minimum atomic E-state index is -1.82. The van der Waals surface area contributed by atoms with Crippen LogP contribution in [0, 0.1) is 0 Å². The van der Waals surface area contributed by atoms with Crippen LogP contribution >= 0.6 is 0 Å². The van der Waals surface area contributed by atoms with Gasteiger partial charge in [0.05, 0.1) is 13.2 Å². The standard InChI is InChI=1S/C4H10O3Si.C4H10O.C3H8O3/c1-8(2,3)7-4(5)6;1-3-5-4-2;4-1-3(6)2-5/h1-3H3,(H,5,6);3-4H2,1-2H3;3-6H,1-2H2. The van der Waals surface area contributed by atoms with Gasteiger partial charge in [-0.15, -0.1) is 0 Å². The molecular weight excluding hydrogens is 272 g/mol. The second-order valence-electron chi connectivity index (χ2n) is 4.28. The summed E-state index contributed by atoms with van der Waals surface area (Å²) >= 11 is 0. The van der Waals surface area contributed by atoms with E-state index in [0.29, 0.717) is 0 Å². The van der Waals surface area contributed by atoms with E-state index in [2.05, 4.69) is 4.43 Å². The smallest absolute Gasteiger partial charge is 0.490 e. The Balaban J connectivity index is -0.000000209. The number of aliphatic hydroxyl groups excluding tert-OH is 3. The van der Waals surface area contributed by atoms with Gasteiger partial charge in [-0.2, -0.15) is 0 Å². The molecule has 0 saturated carbocycles. The van der Waals surface area contributed by atoms with Gasteiger partial charge in [0, 0.05) is 13.2 Å². The summed E-state index contributed by atoms with van der Waals surface area (Å²) in [4.78, 5) is 9.83. The van der Waals surface area contributed by atoms with E-state index in [1.165, 1.54) is 0 Å². The molecule has 0 saturated heterocycles. The van der Waals surface area contributed by atoms with Gasteiger partial charge in [0.25, 0.3) is 8.32 Å². The summed E-state index contributed by atoms with van der Waals surface area (Å²) in [6, 6.07) is 0. The van der Waals surface area contributed by atoms with Crippen LogP contribution in [0.15, 0.2) is 0 Å². The molecule has 19 heavy (non-hydrogen) atoms. The molecule has 0 amide bonds. The highest BCUT2D eigenvalue weighted by Gasteiger charge is 2.18. The Bertz CT molecular complexity index is 188. The van der Waals surface area contributed by atoms with Crippen LogP contribution in [0.3, 0.4) is 0 Å². The topological polar surface area (TPSA) is 116 Å². The van der Waals surface area contributed by atoms with Gasteiger partial charge in [-0.3, -0.25) is 0 Å². The van der Waals surface area contributed by atoms with Crippen LogP contribution in [-0.4, -0.2) is 67.4 Å². The van der Waals surface area contributed by atoms with E-state index in [1.807, 2.05) is 33.5 Å². The molecule has 0 aromatic carbocycles. The molecule has 0 fully saturated rings. The van der Waals surface area contributed by atoms with Crippen molar-refractivity contribution in [1.82, 2.24) is 0 Å². The van der Waals surface area contributed by atoms with Crippen molar-refractivity contribution in [3.63, 3.8) is 0 Å². The molecule has 0 spiro atoms. The molecule has 0 aliphatic carbocycles. The zero-order valence-electron chi connectivity index (χ0n) is 12.4. The second-order valence-corrected chi connectivity index (χ2v) is 8.71. The maximum Gasteiger partial charge on any atom is 0.491 e. The van der Waals surface area contributed by atoms with E-state index >= 15 is 0 Å². The van der Waals surface area contributed by atoms with Gasteiger partial charge in [-0.05, 0) is 33.5 Å². The number of rotatable bonds is 5. The van der Waals surface area contributed by atoms with Gasteiger partial charge in [0.1, 0.15) is 6.10 Å². The van der Waals surface area contributed by atoms with E-state index in [1.54, 1.807) is 0 Å². The average molecular weight is 300 g/mol. The third-order valence-electron chi connectivity index (χ3n) is 1.22. The first-order chi connectivity index (χ1) is 8.64. The highest BCUT2D eigenvalue weighted by atomic mass is 28.4. The number of hydrogen-bond donors (Lipinski definition) is 4. The average Bonchev–Trinajstić information content (AvgIpc) is 2.27. The van der Waals surface area contributed by atoms with Gasteiger partial charge >= 0.3 is 6.16 Å². The first kappa shape index (κ1) is 23.4. The summed E-state index contributed by atoms with van der Waals surface area (Å²) in [6.07, 6.45) is -2.12. The van der Waals surface area contributed by atoms with Crippen LogP contribution < -0.4 is 0 Å². The Hall–Kier alpha value is -0.673. The molecule has 0 radical (unpaired) electrons. The maximum absolute atomic E-state index is 9.83. The van der Waals surface area contributed by atoms with Crippen molar-refractivity contribution < 1.29 is 34.4 Å². The van der Waals surface area contributed by atoms with E-state index in [4.69, 9.17) is 25.2 Å². The molecule has 0 aromatic rings. The fraction of sp³-hybridized carbons (Fsp3) is 0.909. The lowest BCUT2D eigenvalue weighted by atomic mass is 10.4. The monoisotopic (exact) mass is 300 g/mol. The quantitative estimate of drug-likeness (QED) is 0.557. The van der Waals surface area contributed by atoms with Crippen LogP contribution in [0.1, 0.15) is 13.8 Å². The third-order valence-corrected chi connectivity index (χ3v) is 2.01. The Morgan fingerprint density at radius 3 is 1.47 bits per heavy atom. The van der Waals surface area contributed by atoms with Crippen molar-refractivity contribution in [1.29, 1.82) is 0 Å². The molecule has 118 valence electrons. The molecule has 0 heterocycles. The van der Waals surface area contributed by atoms with E-state index in [9.17, 15) is 4.79 Å². The molecule has 0 aromatic heterocycles. The van der Waals surface area contributed by atoms with Crippen molar-refractivity contribution >= 4 is 14.5 Å². The SMILES string of the molecule is CCOCC.C[Si](C)(C)OC(=O)O.OCC(O)CO. The maximum atomic E-state index is 9.83. The molecule has 0 unspecified atom stereocenters. The predicted octanol–water partition coefficient (Wildman–Crippen LogP) is 0.891. The Morgan fingerprint density at radius 1 is 1.11 bits per heavy atom. The van der Waals surface area contributed by atoms with Gasteiger partial charge < -0.3 is 29.6 Å². The number of carbonyl (C=O) groups is 1. The van der Waals surface area contributed by atoms with E-state index in [-0.39, 0.29) is 13.2 Å². The second kappa shape index (κ2) is 15.4.